The number of carbonyl (C=O) groups excluding carboxylic acids is 2. The normalized spacial score (nSPS) is 18.1. The Morgan fingerprint density at radius 2 is 2.05 bits per heavy atom. The SMILES string of the molecule is CSCC[C@@H]1NC(=O)c2cc(ccc2C)OCCCn2cc(nn2)CN(Cc2ccccn2)CCCNC1=O. The second-order valence-corrected chi connectivity index (χ2v) is 10.6. The van der Waals surface area contributed by atoms with Crippen molar-refractivity contribution in [3.63, 3.8) is 0 Å². The molecule has 1 atom stereocenters. The Morgan fingerprint density at radius 1 is 1.15 bits per heavy atom. The largest absolute Gasteiger partial charge is 0.494 e. The molecule has 0 saturated heterocycles. The van der Waals surface area contributed by atoms with Crippen LogP contribution in [0.25, 0.3) is 0 Å². The van der Waals surface area contributed by atoms with Crippen LogP contribution >= 0.6 is 11.8 Å². The van der Waals surface area contributed by atoms with Gasteiger partial charge in [-0.05, 0) is 61.6 Å². The Kier molecular flexibility index (Phi) is 10.7. The van der Waals surface area contributed by atoms with Crippen LogP contribution in [-0.2, 0) is 24.4 Å². The lowest BCUT2D eigenvalue weighted by Crippen LogP contribution is -2.47. The molecule has 0 saturated carbocycles. The minimum Gasteiger partial charge on any atom is -0.494 e. The van der Waals surface area contributed by atoms with E-state index in [1.807, 2.05) is 54.4 Å². The molecule has 0 radical (unpaired) electrons. The molecule has 3 aromatic rings. The van der Waals surface area contributed by atoms with Crippen LogP contribution in [-0.4, -0.2) is 74.4 Å². The molecule has 11 heteroatoms. The molecular formula is C28H37N7O3S. The number of benzene rings is 1. The monoisotopic (exact) mass is 551 g/mol. The average molecular weight is 552 g/mol. The summed E-state index contributed by atoms with van der Waals surface area (Å²) < 4.78 is 7.77. The van der Waals surface area contributed by atoms with Gasteiger partial charge in [-0.15, -0.1) is 5.10 Å². The molecule has 208 valence electrons. The third-order valence-electron chi connectivity index (χ3n) is 6.52. The molecule has 2 aromatic heterocycles. The van der Waals surface area contributed by atoms with Gasteiger partial charge in [0.05, 0.1) is 18.0 Å². The topological polar surface area (TPSA) is 114 Å². The summed E-state index contributed by atoms with van der Waals surface area (Å²) in [5.41, 5.74) is 3.19. The molecule has 2 N–H and O–H groups in total. The van der Waals surface area contributed by atoms with Gasteiger partial charge in [0.15, 0.2) is 0 Å². The van der Waals surface area contributed by atoms with E-state index in [0.29, 0.717) is 50.5 Å². The van der Waals surface area contributed by atoms with Gasteiger partial charge in [0.2, 0.25) is 5.91 Å². The first kappa shape index (κ1) is 28.6. The van der Waals surface area contributed by atoms with Crippen molar-refractivity contribution >= 4 is 23.6 Å². The van der Waals surface area contributed by atoms with Gasteiger partial charge in [0, 0.05) is 57.1 Å². The van der Waals surface area contributed by atoms with Gasteiger partial charge in [-0.3, -0.25) is 24.2 Å². The van der Waals surface area contributed by atoms with Gasteiger partial charge < -0.3 is 15.4 Å². The Balaban J connectivity index is 1.51. The predicted molar refractivity (Wildman–Crippen MR) is 152 cm³/mol. The third-order valence-corrected chi connectivity index (χ3v) is 7.16. The number of nitrogens with one attached hydrogen (secondary N) is 2. The van der Waals surface area contributed by atoms with Gasteiger partial charge >= 0.3 is 0 Å². The van der Waals surface area contributed by atoms with E-state index in [2.05, 4.69) is 30.8 Å². The van der Waals surface area contributed by atoms with E-state index in [4.69, 9.17) is 4.74 Å². The molecule has 10 nitrogen and oxygen atoms in total. The number of thioether (sulfide) groups is 1. The first-order valence-electron chi connectivity index (χ1n) is 13.3. The minimum atomic E-state index is -0.612. The van der Waals surface area contributed by atoms with Gasteiger partial charge in [-0.1, -0.05) is 17.3 Å². The molecular weight excluding hydrogens is 514 g/mol. The van der Waals surface area contributed by atoms with Crippen molar-refractivity contribution in [2.45, 2.75) is 51.9 Å². The summed E-state index contributed by atoms with van der Waals surface area (Å²) in [6, 6.07) is 10.8. The highest BCUT2D eigenvalue weighted by atomic mass is 32.2. The fourth-order valence-electron chi connectivity index (χ4n) is 4.41. The summed E-state index contributed by atoms with van der Waals surface area (Å²) in [5.74, 6) is 0.940. The Bertz CT molecular complexity index is 1220. The van der Waals surface area contributed by atoms with Crippen molar-refractivity contribution < 1.29 is 14.3 Å². The average Bonchev–Trinajstić information content (AvgIpc) is 3.39. The number of aromatic nitrogens is 4. The first-order valence-corrected chi connectivity index (χ1v) is 14.7. The molecule has 1 aliphatic heterocycles. The van der Waals surface area contributed by atoms with E-state index in [1.54, 1.807) is 24.0 Å². The molecule has 39 heavy (non-hydrogen) atoms. The fourth-order valence-corrected chi connectivity index (χ4v) is 4.89. The summed E-state index contributed by atoms with van der Waals surface area (Å²) in [4.78, 5) is 33.0. The van der Waals surface area contributed by atoms with Crippen molar-refractivity contribution in [3.8, 4) is 5.75 Å². The van der Waals surface area contributed by atoms with Gasteiger partial charge in [-0.2, -0.15) is 11.8 Å². The lowest BCUT2D eigenvalue weighted by molar-refractivity contribution is -0.123. The van der Waals surface area contributed by atoms with Crippen LogP contribution in [0.3, 0.4) is 0 Å². The summed E-state index contributed by atoms with van der Waals surface area (Å²) in [7, 11) is 0. The van der Waals surface area contributed by atoms with E-state index in [0.717, 1.165) is 42.1 Å². The number of carbonyl (C=O) groups is 2. The number of aryl methyl sites for hydroxylation is 2. The van der Waals surface area contributed by atoms with Crippen molar-refractivity contribution in [1.29, 1.82) is 0 Å². The molecule has 4 rings (SSSR count). The molecule has 3 heterocycles. The maximum Gasteiger partial charge on any atom is 0.252 e. The van der Waals surface area contributed by atoms with Crippen molar-refractivity contribution in [3.05, 3.63) is 71.3 Å². The number of ether oxygens (including phenoxy) is 1. The van der Waals surface area contributed by atoms with Crippen molar-refractivity contribution in [1.82, 2.24) is 35.5 Å². The van der Waals surface area contributed by atoms with E-state index < -0.39 is 6.04 Å². The number of amides is 2. The molecule has 0 aliphatic carbocycles. The third kappa shape index (κ3) is 8.79. The summed E-state index contributed by atoms with van der Waals surface area (Å²) >= 11 is 1.65. The Morgan fingerprint density at radius 3 is 2.87 bits per heavy atom. The van der Waals surface area contributed by atoms with Crippen LogP contribution in [0.2, 0.25) is 0 Å². The summed E-state index contributed by atoms with van der Waals surface area (Å²) in [6.45, 7) is 5.56. The number of nitrogens with zero attached hydrogens (tertiary/aromatic N) is 5. The zero-order valence-corrected chi connectivity index (χ0v) is 23.5. The lowest BCUT2D eigenvalue weighted by atomic mass is 10.1. The zero-order chi connectivity index (χ0) is 27.5. The molecule has 0 spiro atoms. The summed E-state index contributed by atoms with van der Waals surface area (Å²) in [5, 5.41) is 14.6. The van der Waals surface area contributed by atoms with Crippen LogP contribution in [0.4, 0.5) is 0 Å². The fraction of sp³-hybridized carbons (Fsp3) is 0.464. The van der Waals surface area contributed by atoms with E-state index >= 15 is 0 Å². The van der Waals surface area contributed by atoms with Crippen molar-refractivity contribution in [2.24, 2.45) is 0 Å². The smallest absolute Gasteiger partial charge is 0.252 e. The van der Waals surface area contributed by atoms with Gasteiger partial charge in [0.1, 0.15) is 11.8 Å². The number of pyridine rings is 1. The molecule has 0 unspecified atom stereocenters. The predicted octanol–water partition coefficient (Wildman–Crippen LogP) is 2.82. The first-order chi connectivity index (χ1) is 19.0. The highest BCUT2D eigenvalue weighted by Crippen LogP contribution is 2.18. The molecule has 4 bridgehead atoms. The number of fused-ring (bicyclic) bond motifs is 4. The van der Waals surface area contributed by atoms with Crippen LogP contribution in [0.5, 0.6) is 5.75 Å². The Labute approximate surface area is 233 Å². The van der Waals surface area contributed by atoms with E-state index in [1.165, 1.54) is 0 Å². The highest BCUT2D eigenvalue weighted by molar-refractivity contribution is 7.98. The van der Waals surface area contributed by atoms with Crippen LogP contribution in [0, 0.1) is 6.92 Å². The van der Waals surface area contributed by atoms with Gasteiger partial charge in [0.25, 0.3) is 5.91 Å². The maximum atomic E-state index is 13.2. The van der Waals surface area contributed by atoms with Crippen LogP contribution < -0.4 is 15.4 Å². The van der Waals surface area contributed by atoms with E-state index in [-0.39, 0.29) is 11.8 Å². The molecule has 1 aromatic carbocycles. The quantitative estimate of drug-likeness (QED) is 0.498. The second-order valence-electron chi connectivity index (χ2n) is 9.64. The number of rotatable bonds is 5. The summed E-state index contributed by atoms with van der Waals surface area (Å²) in [6.07, 6.45) is 7.79. The highest BCUT2D eigenvalue weighted by Gasteiger charge is 2.22. The number of hydrogen-bond donors (Lipinski definition) is 2. The maximum absolute atomic E-state index is 13.2. The number of hydrogen-bond acceptors (Lipinski definition) is 8. The Hall–Kier alpha value is -3.44. The zero-order valence-electron chi connectivity index (χ0n) is 22.6. The lowest BCUT2D eigenvalue weighted by Gasteiger charge is -2.22. The molecule has 2 amide bonds. The molecule has 1 aliphatic rings. The molecule has 0 fully saturated rings. The van der Waals surface area contributed by atoms with Gasteiger partial charge in [-0.25, -0.2) is 0 Å². The van der Waals surface area contributed by atoms with Crippen LogP contribution in [0.15, 0.2) is 48.8 Å². The standard InChI is InChI=1S/C28H37N7O3S/c1-21-8-9-24-17-25(21)27(36)31-26(10-16-39-2)28(37)30-12-5-13-34(18-22-7-3-4-11-29-22)19-23-20-35(33-32-23)14-6-15-38-24/h3-4,7-9,11,17,20,26H,5-6,10,12-16,18-19H2,1-2H3,(H,30,37)(H,31,36)/t26-/m0/s1. The van der Waals surface area contributed by atoms with Crippen LogP contribution in [0.1, 0.15) is 46.6 Å². The van der Waals surface area contributed by atoms with E-state index in [9.17, 15) is 9.59 Å². The van der Waals surface area contributed by atoms with Crippen molar-refractivity contribution in [2.75, 3.05) is 31.7 Å². The minimum absolute atomic E-state index is 0.170. The second kappa shape index (κ2) is 14.6.